The lowest BCUT2D eigenvalue weighted by molar-refractivity contribution is -0.113. The molecular formula is C22H18N2O5. The van der Waals surface area contributed by atoms with Crippen LogP contribution in [0.5, 0.6) is 11.5 Å². The topological polar surface area (TPSA) is 89.8 Å². The maximum absolute atomic E-state index is 12.9. The monoisotopic (exact) mass is 390 g/mol. The fourth-order valence-corrected chi connectivity index (χ4v) is 2.79. The number of rotatable bonds is 5. The summed E-state index contributed by atoms with van der Waals surface area (Å²) in [5.74, 6) is 1.40. The minimum absolute atomic E-state index is 0.0471. The first kappa shape index (κ1) is 18.4. The number of ether oxygens (including phenoxy) is 2. The Bertz CT molecular complexity index is 1090. The molecule has 1 aliphatic heterocycles. The lowest BCUT2D eigenvalue weighted by Crippen LogP contribution is -2.30. The third-order valence-electron chi connectivity index (χ3n) is 4.21. The van der Waals surface area contributed by atoms with Crippen molar-refractivity contribution in [1.82, 2.24) is 5.32 Å². The summed E-state index contributed by atoms with van der Waals surface area (Å²) in [6.07, 6.45) is 1.48. The summed E-state index contributed by atoms with van der Waals surface area (Å²) >= 11 is 0. The second-order valence-electron chi connectivity index (χ2n) is 6.35. The molecule has 7 nitrogen and oxygen atoms in total. The van der Waals surface area contributed by atoms with Crippen LogP contribution in [0.2, 0.25) is 0 Å². The number of furan rings is 1. The highest BCUT2D eigenvalue weighted by Crippen LogP contribution is 2.34. The third-order valence-corrected chi connectivity index (χ3v) is 4.21. The van der Waals surface area contributed by atoms with Gasteiger partial charge in [-0.25, -0.2) is 0 Å². The highest BCUT2D eigenvalue weighted by Gasteiger charge is 2.18. The molecule has 1 aromatic heterocycles. The van der Waals surface area contributed by atoms with Crippen LogP contribution in [0.3, 0.4) is 0 Å². The molecule has 0 radical (unpaired) electrons. The zero-order chi connectivity index (χ0) is 20.2. The molecule has 0 atom stereocenters. The lowest BCUT2D eigenvalue weighted by atomic mass is 10.2. The van der Waals surface area contributed by atoms with Crippen LogP contribution in [0, 0.1) is 6.92 Å². The molecule has 7 heteroatoms. The number of carbonyl (C=O) groups excluding carboxylic acids is 2. The summed E-state index contributed by atoms with van der Waals surface area (Å²) in [6, 6.07) is 17.2. The van der Waals surface area contributed by atoms with Crippen molar-refractivity contribution in [3.8, 4) is 11.5 Å². The number of benzene rings is 2. The van der Waals surface area contributed by atoms with E-state index in [4.69, 9.17) is 13.9 Å². The summed E-state index contributed by atoms with van der Waals surface area (Å²) in [5.41, 5.74) is 0.991. The first-order chi connectivity index (χ1) is 14.1. The van der Waals surface area contributed by atoms with Crippen molar-refractivity contribution in [2.75, 3.05) is 12.1 Å². The van der Waals surface area contributed by atoms with E-state index in [1.54, 1.807) is 61.5 Å². The van der Waals surface area contributed by atoms with Gasteiger partial charge in [0.1, 0.15) is 17.2 Å². The molecule has 2 aromatic carbocycles. The second kappa shape index (κ2) is 7.93. The smallest absolute Gasteiger partial charge is 0.272 e. The van der Waals surface area contributed by atoms with Gasteiger partial charge in [0.2, 0.25) is 6.79 Å². The van der Waals surface area contributed by atoms with E-state index in [1.165, 1.54) is 6.08 Å². The molecule has 29 heavy (non-hydrogen) atoms. The maximum Gasteiger partial charge on any atom is 0.272 e. The number of fused-ring (bicyclic) bond motifs is 1. The van der Waals surface area contributed by atoms with Gasteiger partial charge < -0.3 is 24.5 Å². The van der Waals surface area contributed by atoms with Gasteiger partial charge in [-0.15, -0.1) is 0 Å². The Hall–Kier alpha value is -4.00. The summed E-state index contributed by atoms with van der Waals surface area (Å²) in [4.78, 5) is 25.4. The number of aryl methyl sites for hydroxylation is 1. The average Bonchev–Trinajstić information content (AvgIpc) is 3.36. The van der Waals surface area contributed by atoms with Gasteiger partial charge in [0.15, 0.2) is 11.5 Å². The van der Waals surface area contributed by atoms with E-state index in [-0.39, 0.29) is 12.5 Å². The molecule has 0 saturated carbocycles. The molecule has 146 valence electrons. The molecule has 0 fully saturated rings. The Morgan fingerprint density at radius 1 is 0.966 bits per heavy atom. The lowest BCUT2D eigenvalue weighted by Gasteiger charge is -2.11. The zero-order valence-corrected chi connectivity index (χ0v) is 15.6. The van der Waals surface area contributed by atoms with Gasteiger partial charge >= 0.3 is 0 Å². The SMILES string of the molecule is Cc1ccc(C=C(NC(=O)c2ccccc2)C(=O)Nc2ccc3c(c2)OCO3)o1. The number of hydrogen-bond acceptors (Lipinski definition) is 5. The van der Waals surface area contributed by atoms with Crippen molar-refractivity contribution in [2.24, 2.45) is 0 Å². The minimum Gasteiger partial charge on any atom is -0.462 e. The normalized spacial score (nSPS) is 12.5. The molecule has 2 N–H and O–H groups in total. The molecular weight excluding hydrogens is 372 g/mol. The van der Waals surface area contributed by atoms with Crippen molar-refractivity contribution in [1.29, 1.82) is 0 Å². The highest BCUT2D eigenvalue weighted by atomic mass is 16.7. The van der Waals surface area contributed by atoms with Gasteiger partial charge in [-0.3, -0.25) is 9.59 Å². The molecule has 0 bridgehead atoms. The Labute approximate surface area is 166 Å². The molecule has 0 aliphatic carbocycles. The average molecular weight is 390 g/mol. The number of hydrogen-bond donors (Lipinski definition) is 2. The van der Waals surface area contributed by atoms with Gasteiger partial charge in [0.25, 0.3) is 11.8 Å². The van der Waals surface area contributed by atoms with Crippen LogP contribution >= 0.6 is 0 Å². The fraction of sp³-hybridized carbons (Fsp3) is 0.0909. The van der Waals surface area contributed by atoms with Gasteiger partial charge in [0, 0.05) is 23.4 Å². The quantitative estimate of drug-likeness (QED) is 0.648. The van der Waals surface area contributed by atoms with Crippen molar-refractivity contribution in [2.45, 2.75) is 6.92 Å². The Kier molecular flexibility index (Phi) is 5.03. The highest BCUT2D eigenvalue weighted by molar-refractivity contribution is 6.10. The van der Waals surface area contributed by atoms with Gasteiger partial charge in [-0.05, 0) is 43.3 Å². The van der Waals surface area contributed by atoms with Crippen LogP contribution in [0.15, 0.2) is 70.8 Å². The van der Waals surface area contributed by atoms with Crippen molar-refractivity contribution in [3.63, 3.8) is 0 Å². The van der Waals surface area contributed by atoms with E-state index >= 15 is 0 Å². The molecule has 0 spiro atoms. The Morgan fingerprint density at radius 2 is 1.76 bits per heavy atom. The Morgan fingerprint density at radius 3 is 2.52 bits per heavy atom. The number of carbonyl (C=O) groups is 2. The summed E-state index contributed by atoms with van der Waals surface area (Å²) < 4.78 is 16.1. The van der Waals surface area contributed by atoms with Crippen LogP contribution in [-0.2, 0) is 4.79 Å². The summed E-state index contributed by atoms with van der Waals surface area (Å²) in [6.45, 7) is 1.94. The van der Waals surface area contributed by atoms with Gasteiger partial charge in [-0.1, -0.05) is 18.2 Å². The van der Waals surface area contributed by atoms with E-state index in [0.29, 0.717) is 34.3 Å². The summed E-state index contributed by atoms with van der Waals surface area (Å²) in [5, 5.41) is 5.41. The zero-order valence-electron chi connectivity index (χ0n) is 15.6. The molecule has 3 aromatic rings. The van der Waals surface area contributed by atoms with Gasteiger partial charge in [-0.2, -0.15) is 0 Å². The molecule has 1 aliphatic rings. The predicted octanol–water partition coefficient (Wildman–Crippen LogP) is 3.73. The van der Waals surface area contributed by atoms with Crippen LogP contribution in [0.1, 0.15) is 21.9 Å². The van der Waals surface area contributed by atoms with Crippen LogP contribution in [0.4, 0.5) is 5.69 Å². The van der Waals surface area contributed by atoms with E-state index in [2.05, 4.69) is 10.6 Å². The largest absolute Gasteiger partial charge is 0.462 e. The second-order valence-corrected chi connectivity index (χ2v) is 6.35. The van der Waals surface area contributed by atoms with Gasteiger partial charge in [0.05, 0.1) is 0 Å². The standard InChI is InChI=1S/C22H18N2O5/c1-14-7-9-17(29-14)12-18(24-21(25)15-5-3-2-4-6-15)22(26)23-16-8-10-19-20(11-16)28-13-27-19/h2-12H,13H2,1H3,(H,23,26)(H,24,25). The van der Waals surface area contributed by atoms with Crippen molar-refractivity contribution >= 4 is 23.6 Å². The predicted molar refractivity (Wildman–Crippen MR) is 107 cm³/mol. The first-order valence-corrected chi connectivity index (χ1v) is 8.94. The van der Waals surface area contributed by atoms with Crippen LogP contribution < -0.4 is 20.1 Å². The maximum atomic E-state index is 12.9. The number of nitrogens with one attached hydrogen (secondary N) is 2. The van der Waals surface area contributed by atoms with Crippen molar-refractivity contribution < 1.29 is 23.5 Å². The van der Waals surface area contributed by atoms with E-state index in [9.17, 15) is 9.59 Å². The van der Waals surface area contributed by atoms with E-state index < -0.39 is 11.8 Å². The van der Waals surface area contributed by atoms with Crippen LogP contribution in [0.25, 0.3) is 6.08 Å². The minimum atomic E-state index is -0.498. The molecule has 2 amide bonds. The number of anilines is 1. The van der Waals surface area contributed by atoms with E-state index in [0.717, 1.165) is 0 Å². The molecule has 2 heterocycles. The molecule has 4 rings (SSSR count). The molecule has 0 unspecified atom stereocenters. The Balaban J connectivity index is 1.58. The van der Waals surface area contributed by atoms with Crippen molar-refractivity contribution in [3.05, 3.63) is 83.4 Å². The van der Waals surface area contributed by atoms with E-state index in [1.807, 2.05) is 6.07 Å². The molecule has 0 saturated heterocycles. The fourth-order valence-electron chi connectivity index (χ4n) is 2.79. The summed E-state index contributed by atoms with van der Waals surface area (Å²) in [7, 11) is 0. The third kappa shape index (κ3) is 4.30. The van der Waals surface area contributed by atoms with Crippen LogP contribution in [-0.4, -0.2) is 18.6 Å². The first-order valence-electron chi connectivity index (χ1n) is 8.94. The number of amides is 2.